The van der Waals surface area contributed by atoms with Gasteiger partial charge >= 0.3 is 0 Å². The van der Waals surface area contributed by atoms with Crippen molar-refractivity contribution in [3.05, 3.63) is 65.2 Å². The van der Waals surface area contributed by atoms with E-state index in [2.05, 4.69) is 20.9 Å². The highest BCUT2D eigenvalue weighted by Crippen LogP contribution is 2.10. The summed E-state index contributed by atoms with van der Waals surface area (Å²) in [5, 5.41) is 18.0. The van der Waals surface area contributed by atoms with E-state index in [1.165, 1.54) is 0 Å². The van der Waals surface area contributed by atoms with Gasteiger partial charge in [0.25, 0.3) is 5.91 Å². The average Bonchev–Trinajstić information content (AvgIpc) is 3.14. The van der Waals surface area contributed by atoms with Crippen molar-refractivity contribution in [3.8, 4) is 6.07 Å². The molecule has 0 saturated carbocycles. The molecule has 6 nitrogen and oxygen atoms in total. The van der Waals surface area contributed by atoms with E-state index in [0.29, 0.717) is 17.7 Å². The number of nitrogens with zero attached hydrogens (tertiary/aromatic N) is 2. The predicted molar refractivity (Wildman–Crippen MR) is 92.7 cm³/mol. The maximum atomic E-state index is 12.1. The van der Waals surface area contributed by atoms with Crippen LogP contribution >= 0.6 is 0 Å². The van der Waals surface area contributed by atoms with Crippen LogP contribution in [0.15, 0.2) is 53.5 Å². The summed E-state index contributed by atoms with van der Waals surface area (Å²) in [6.07, 6.45) is 0. The zero-order valence-corrected chi connectivity index (χ0v) is 13.0. The molecule has 120 valence electrons. The lowest BCUT2D eigenvalue weighted by Crippen LogP contribution is -2.26. The molecule has 0 saturated heterocycles. The van der Waals surface area contributed by atoms with Crippen LogP contribution in [0.25, 0.3) is 0 Å². The van der Waals surface area contributed by atoms with Crippen LogP contribution in [0.5, 0.6) is 0 Å². The van der Waals surface area contributed by atoms with Crippen molar-refractivity contribution in [2.24, 2.45) is 4.99 Å². The Morgan fingerprint density at radius 3 is 2.54 bits per heavy atom. The van der Waals surface area contributed by atoms with Crippen molar-refractivity contribution < 1.29 is 4.79 Å². The number of carbonyl (C=O) groups is 1. The molecule has 24 heavy (non-hydrogen) atoms. The SMILES string of the molecule is N#Cc1ccc(C(=O)NCc2ccc(NC3=NCCN3)cc2)cc1. The second-order valence-electron chi connectivity index (χ2n) is 5.35. The van der Waals surface area contributed by atoms with Crippen LogP contribution in [0.2, 0.25) is 0 Å². The number of guanidine groups is 1. The van der Waals surface area contributed by atoms with E-state index in [-0.39, 0.29) is 5.91 Å². The Morgan fingerprint density at radius 2 is 1.92 bits per heavy atom. The van der Waals surface area contributed by atoms with Gasteiger partial charge in [0.2, 0.25) is 0 Å². The summed E-state index contributed by atoms with van der Waals surface area (Å²) in [6.45, 7) is 2.10. The van der Waals surface area contributed by atoms with Gasteiger partial charge in [0.05, 0.1) is 18.2 Å². The molecule has 1 aliphatic heterocycles. The van der Waals surface area contributed by atoms with E-state index in [1.54, 1.807) is 24.3 Å². The molecule has 0 unspecified atom stereocenters. The molecule has 0 radical (unpaired) electrons. The summed E-state index contributed by atoms with van der Waals surface area (Å²) >= 11 is 0. The molecule has 0 atom stereocenters. The summed E-state index contributed by atoms with van der Waals surface area (Å²) in [5.74, 6) is 0.628. The highest BCUT2D eigenvalue weighted by atomic mass is 16.1. The lowest BCUT2D eigenvalue weighted by molar-refractivity contribution is 0.0951. The molecule has 3 N–H and O–H groups in total. The second kappa shape index (κ2) is 7.29. The van der Waals surface area contributed by atoms with Crippen molar-refractivity contribution in [2.75, 3.05) is 18.4 Å². The number of aliphatic imine (C=N–C) groups is 1. The first-order valence-corrected chi connectivity index (χ1v) is 7.67. The first kappa shape index (κ1) is 15.6. The van der Waals surface area contributed by atoms with Gasteiger partial charge < -0.3 is 16.0 Å². The molecule has 0 fully saturated rings. The van der Waals surface area contributed by atoms with E-state index in [4.69, 9.17) is 5.26 Å². The molecule has 0 bridgehead atoms. The summed E-state index contributed by atoms with van der Waals surface area (Å²) in [4.78, 5) is 16.4. The van der Waals surface area contributed by atoms with Gasteiger partial charge in [0, 0.05) is 24.3 Å². The Bertz CT molecular complexity index is 788. The van der Waals surface area contributed by atoms with E-state index >= 15 is 0 Å². The first-order chi connectivity index (χ1) is 11.7. The molecule has 1 amide bonds. The van der Waals surface area contributed by atoms with Gasteiger partial charge in [0.1, 0.15) is 0 Å². The Kier molecular flexibility index (Phi) is 4.73. The van der Waals surface area contributed by atoms with Crippen LogP contribution in [0.4, 0.5) is 5.69 Å². The summed E-state index contributed by atoms with van der Waals surface area (Å²) in [7, 11) is 0. The topological polar surface area (TPSA) is 89.3 Å². The van der Waals surface area contributed by atoms with Crippen LogP contribution in [-0.2, 0) is 6.54 Å². The van der Waals surface area contributed by atoms with Gasteiger partial charge in [-0.15, -0.1) is 0 Å². The van der Waals surface area contributed by atoms with Crippen molar-refractivity contribution in [1.82, 2.24) is 10.6 Å². The fourth-order valence-electron chi connectivity index (χ4n) is 2.30. The van der Waals surface area contributed by atoms with Gasteiger partial charge in [0.15, 0.2) is 5.96 Å². The van der Waals surface area contributed by atoms with Crippen molar-refractivity contribution in [2.45, 2.75) is 6.54 Å². The molecule has 2 aromatic carbocycles. The molecule has 0 spiro atoms. The van der Waals surface area contributed by atoms with Gasteiger partial charge in [-0.1, -0.05) is 12.1 Å². The first-order valence-electron chi connectivity index (χ1n) is 7.67. The Balaban J connectivity index is 1.54. The minimum absolute atomic E-state index is 0.161. The van der Waals surface area contributed by atoms with Crippen LogP contribution in [0, 0.1) is 11.3 Å². The fourth-order valence-corrected chi connectivity index (χ4v) is 2.30. The van der Waals surface area contributed by atoms with E-state index in [1.807, 2.05) is 30.3 Å². The van der Waals surface area contributed by atoms with Crippen LogP contribution < -0.4 is 16.0 Å². The summed E-state index contributed by atoms with van der Waals surface area (Å²) in [6, 6.07) is 16.4. The van der Waals surface area contributed by atoms with Crippen LogP contribution in [0.3, 0.4) is 0 Å². The number of benzene rings is 2. The lowest BCUT2D eigenvalue weighted by atomic mass is 10.1. The van der Waals surface area contributed by atoms with Gasteiger partial charge in [-0.2, -0.15) is 5.26 Å². The zero-order chi connectivity index (χ0) is 16.8. The third kappa shape index (κ3) is 3.90. The molecule has 1 aliphatic rings. The van der Waals surface area contributed by atoms with Crippen LogP contribution in [-0.4, -0.2) is 25.0 Å². The number of nitriles is 1. The molecule has 3 rings (SSSR count). The maximum Gasteiger partial charge on any atom is 0.251 e. The smallest absolute Gasteiger partial charge is 0.251 e. The minimum atomic E-state index is -0.161. The normalized spacial score (nSPS) is 12.7. The molecule has 1 heterocycles. The summed E-state index contributed by atoms with van der Waals surface area (Å²) < 4.78 is 0. The quantitative estimate of drug-likeness (QED) is 0.802. The third-order valence-corrected chi connectivity index (χ3v) is 3.62. The molecule has 2 aromatic rings. The highest BCUT2D eigenvalue weighted by molar-refractivity contribution is 5.95. The number of anilines is 1. The minimum Gasteiger partial charge on any atom is -0.354 e. The van der Waals surface area contributed by atoms with Crippen LogP contribution in [0.1, 0.15) is 21.5 Å². The number of hydrogen-bond donors (Lipinski definition) is 3. The van der Waals surface area contributed by atoms with E-state index in [9.17, 15) is 4.79 Å². The van der Waals surface area contributed by atoms with Gasteiger partial charge in [-0.05, 0) is 42.0 Å². The van der Waals surface area contributed by atoms with Crippen molar-refractivity contribution in [1.29, 1.82) is 5.26 Å². The number of amides is 1. The highest BCUT2D eigenvalue weighted by Gasteiger charge is 2.06. The molecule has 0 aromatic heterocycles. The molecule has 0 aliphatic carbocycles. The zero-order valence-electron chi connectivity index (χ0n) is 13.0. The summed E-state index contributed by atoms with van der Waals surface area (Å²) in [5.41, 5.74) is 3.03. The maximum absolute atomic E-state index is 12.1. The fraction of sp³-hybridized carbons (Fsp3) is 0.167. The number of hydrogen-bond acceptors (Lipinski definition) is 5. The third-order valence-electron chi connectivity index (χ3n) is 3.62. The van der Waals surface area contributed by atoms with Gasteiger partial charge in [-0.3, -0.25) is 9.79 Å². The molecular weight excluding hydrogens is 302 g/mol. The van der Waals surface area contributed by atoms with Crippen molar-refractivity contribution in [3.63, 3.8) is 0 Å². The average molecular weight is 319 g/mol. The second-order valence-corrected chi connectivity index (χ2v) is 5.35. The number of nitrogens with one attached hydrogen (secondary N) is 3. The predicted octanol–water partition coefficient (Wildman–Crippen LogP) is 1.86. The number of carbonyl (C=O) groups excluding carboxylic acids is 1. The van der Waals surface area contributed by atoms with E-state index < -0.39 is 0 Å². The molecule has 6 heteroatoms. The Morgan fingerprint density at radius 1 is 1.17 bits per heavy atom. The van der Waals surface area contributed by atoms with Crippen molar-refractivity contribution >= 4 is 17.6 Å². The Labute approximate surface area is 140 Å². The lowest BCUT2D eigenvalue weighted by Gasteiger charge is -2.09. The Hall–Kier alpha value is -3.33. The standard InChI is InChI=1S/C18H17N5O/c19-11-13-1-5-15(6-2-13)17(24)22-12-14-3-7-16(8-4-14)23-18-20-9-10-21-18/h1-8H,9-10,12H2,(H,22,24)(H2,20,21,23). The monoisotopic (exact) mass is 319 g/mol. The van der Waals surface area contributed by atoms with E-state index in [0.717, 1.165) is 30.3 Å². The van der Waals surface area contributed by atoms with Gasteiger partial charge in [-0.25, -0.2) is 0 Å². The molecular formula is C18H17N5O. The number of rotatable bonds is 4. The largest absolute Gasteiger partial charge is 0.354 e.